The van der Waals surface area contributed by atoms with Gasteiger partial charge in [-0.15, -0.1) is 41.2 Å². The summed E-state index contributed by atoms with van der Waals surface area (Å²) in [7, 11) is 0. The Morgan fingerprint density at radius 3 is 1.03 bits per heavy atom. The van der Waals surface area contributed by atoms with Gasteiger partial charge in [-0.25, -0.2) is 0 Å². The van der Waals surface area contributed by atoms with Crippen molar-refractivity contribution >= 4 is 102 Å². The van der Waals surface area contributed by atoms with Gasteiger partial charge in [0.1, 0.15) is 5.75 Å². The van der Waals surface area contributed by atoms with Gasteiger partial charge in [0.2, 0.25) is 0 Å². The number of halogens is 3. The molecule has 3 atom stereocenters. The molecule has 3 aliphatic rings. The second kappa shape index (κ2) is 20.0. The van der Waals surface area contributed by atoms with Crippen molar-refractivity contribution in [2.24, 2.45) is 0 Å². The third kappa shape index (κ3) is 9.95. The number of benzene rings is 7. The molecular weight excluding hydrogens is 976 g/mol. The third-order valence-corrected chi connectivity index (χ3v) is 11.8. The summed E-state index contributed by atoms with van der Waals surface area (Å²) in [4.78, 5) is 74.3. The van der Waals surface area contributed by atoms with E-state index in [2.05, 4.69) is 8.47 Å². The van der Waals surface area contributed by atoms with Crippen LogP contribution < -0.4 is 4.18 Å². The molecule has 24 heteroatoms. The number of nitrogens with zero attached hydrogens (tertiary/aromatic N) is 3. The largest absolute Gasteiger partial charge is 0.537 e. The maximum Gasteiger partial charge on any atom is 0.537 e. The Kier molecular flexibility index (Phi) is 14.0. The molecule has 7 aromatic carbocycles. The first-order valence-corrected chi connectivity index (χ1v) is 22.7. The van der Waals surface area contributed by atoms with Crippen LogP contribution in [0.5, 0.6) is 5.75 Å². The molecule has 0 spiro atoms. The van der Waals surface area contributed by atoms with Gasteiger partial charge >= 0.3 is 40.4 Å². The highest BCUT2D eigenvalue weighted by atomic mass is 32.2. The standard InChI is InChI=1S/C18H11NO5S.C14H11NO5S.C13H6F3NO5S/c20-17-14-10-4-6-12-7-5-11-15(16(12)14)18(21)19(17)24-25(22)23-13-8-2-1-3-9-13;1-2-19-21(18)20-15-13(16)10-7-3-5-9-6-4-8-11(12(9)10)14(15)17;14-13(15,16)21-23(20)22-17-11(18)8-5-1-3-7-4-2-6-9(10(7)8)12(17)19/h1-11H;3-8H,2H2,1H3;1-6H. The molecule has 18 nitrogen and oxygen atoms in total. The Labute approximate surface area is 394 Å². The molecule has 0 bridgehead atoms. The molecule has 10 rings (SSSR count). The average Bonchev–Trinajstić information content (AvgIpc) is 3.33. The van der Waals surface area contributed by atoms with Gasteiger partial charge in [-0.1, -0.05) is 91.0 Å². The highest BCUT2D eigenvalue weighted by molar-refractivity contribution is 7.75. The molecule has 0 radical (unpaired) electrons. The van der Waals surface area contributed by atoms with E-state index in [0.717, 1.165) is 10.8 Å². The van der Waals surface area contributed by atoms with E-state index in [1.807, 2.05) is 24.3 Å². The highest BCUT2D eigenvalue weighted by Crippen LogP contribution is 2.33. The van der Waals surface area contributed by atoms with E-state index in [9.17, 15) is 54.6 Å². The van der Waals surface area contributed by atoms with Gasteiger partial charge in [-0.2, -0.15) is 16.8 Å². The fourth-order valence-electron chi connectivity index (χ4n) is 7.19. The Morgan fingerprint density at radius 1 is 0.420 bits per heavy atom. The molecule has 3 heterocycles. The summed E-state index contributed by atoms with van der Waals surface area (Å²) in [6.45, 7) is 1.76. The highest BCUT2D eigenvalue weighted by Gasteiger charge is 2.40. The molecule has 0 saturated carbocycles. The Bertz CT molecular complexity index is 3190. The van der Waals surface area contributed by atoms with E-state index < -0.39 is 75.9 Å². The second-order valence-corrected chi connectivity index (χ2v) is 16.3. The van der Waals surface area contributed by atoms with Gasteiger partial charge in [0, 0.05) is 16.2 Å². The molecule has 0 aliphatic carbocycles. The minimum Gasteiger partial charge on any atom is -0.379 e. The minimum absolute atomic E-state index is 0.00103. The van der Waals surface area contributed by atoms with Gasteiger partial charge in [0.25, 0.3) is 35.4 Å². The van der Waals surface area contributed by atoms with Gasteiger partial charge in [0.05, 0.1) is 40.0 Å². The van der Waals surface area contributed by atoms with Gasteiger partial charge in [0.15, 0.2) is 0 Å². The number of amides is 6. The van der Waals surface area contributed by atoms with Crippen molar-refractivity contribution in [1.29, 1.82) is 0 Å². The first-order chi connectivity index (χ1) is 33.1. The summed E-state index contributed by atoms with van der Waals surface area (Å²) in [6.07, 6.45) is -5.25. The zero-order chi connectivity index (χ0) is 49.1. The molecule has 3 aliphatic heterocycles. The number of carbonyl (C=O) groups excluding carboxylic acids is 6. The first-order valence-electron chi connectivity index (χ1n) is 19.7. The van der Waals surface area contributed by atoms with Crippen LogP contribution in [0, 0.1) is 0 Å². The SMILES string of the molecule is CCOS(=O)ON1C(=O)c2cccc3cccc(c23)C1=O.O=C1c2cccc3cccc(c23)C(=O)N1OS(=O)OC(F)(F)F.O=C1c2cccc3cccc(c23)C(=O)N1OS(=O)Oc1ccccc1. The van der Waals surface area contributed by atoms with E-state index in [0.29, 0.717) is 59.7 Å². The smallest absolute Gasteiger partial charge is 0.379 e. The summed E-state index contributed by atoms with van der Waals surface area (Å²) < 4.78 is 97.6. The van der Waals surface area contributed by atoms with Crippen molar-refractivity contribution in [3.05, 3.63) is 173 Å². The molecule has 0 aromatic heterocycles. The molecule has 0 N–H and O–H groups in total. The van der Waals surface area contributed by atoms with Crippen molar-refractivity contribution in [1.82, 2.24) is 15.2 Å². The van der Waals surface area contributed by atoms with E-state index in [1.54, 1.807) is 97.9 Å². The lowest BCUT2D eigenvalue weighted by molar-refractivity contribution is -0.274. The molecule has 0 saturated heterocycles. The van der Waals surface area contributed by atoms with Crippen LogP contribution in [0.2, 0.25) is 0 Å². The van der Waals surface area contributed by atoms with Gasteiger partial charge in [-0.3, -0.25) is 33.0 Å². The molecule has 352 valence electrons. The lowest BCUT2D eigenvalue weighted by atomic mass is 9.95. The van der Waals surface area contributed by atoms with Crippen molar-refractivity contribution < 1.29 is 80.0 Å². The number of imide groups is 3. The van der Waals surface area contributed by atoms with Crippen molar-refractivity contribution in [3.8, 4) is 5.75 Å². The van der Waals surface area contributed by atoms with Crippen molar-refractivity contribution in [2.45, 2.75) is 13.3 Å². The molecule has 69 heavy (non-hydrogen) atoms. The van der Waals surface area contributed by atoms with Crippen LogP contribution >= 0.6 is 0 Å². The first kappa shape index (κ1) is 48.1. The molecule has 0 fully saturated rings. The number of rotatable bonds is 11. The normalized spacial score (nSPS) is 15.4. The van der Waals surface area contributed by atoms with Crippen molar-refractivity contribution in [2.75, 3.05) is 6.61 Å². The summed E-state index contributed by atoms with van der Waals surface area (Å²) >= 11 is -7.95. The predicted molar refractivity (Wildman–Crippen MR) is 237 cm³/mol. The summed E-state index contributed by atoms with van der Waals surface area (Å²) in [5, 5.41) is 4.64. The lowest BCUT2D eigenvalue weighted by Gasteiger charge is -2.24. The number of hydrogen-bond acceptors (Lipinski definition) is 15. The van der Waals surface area contributed by atoms with Gasteiger partial charge < -0.3 is 4.18 Å². The monoisotopic (exact) mass is 1000 g/mol. The Morgan fingerprint density at radius 2 is 0.725 bits per heavy atom. The van der Waals surface area contributed by atoms with E-state index in [-0.39, 0.29) is 22.8 Å². The number of alkyl halides is 3. The van der Waals surface area contributed by atoms with Crippen LogP contribution in [0.15, 0.2) is 140 Å². The predicted octanol–water partition coefficient (Wildman–Crippen LogP) is 7.49. The third-order valence-electron chi connectivity index (χ3n) is 9.89. The molecule has 7 aromatic rings. The van der Waals surface area contributed by atoms with Crippen LogP contribution in [-0.4, -0.2) is 76.2 Å². The zero-order valence-electron chi connectivity index (χ0n) is 34.8. The summed E-state index contributed by atoms with van der Waals surface area (Å²) in [5.74, 6) is -4.44. The zero-order valence-corrected chi connectivity index (χ0v) is 37.3. The van der Waals surface area contributed by atoms with Crippen LogP contribution in [0.4, 0.5) is 13.2 Å². The topological polar surface area (TPSA) is 219 Å². The number of para-hydroxylation sites is 1. The fraction of sp³-hybridized carbons (Fsp3) is 0.0667. The number of carbonyl (C=O) groups is 6. The quantitative estimate of drug-likeness (QED) is 0.115. The van der Waals surface area contributed by atoms with E-state index in [1.165, 1.54) is 24.3 Å². The summed E-state index contributed by atoms with van der Waals surface area (Å²) in [5.41, 5.74) is 1.37. The van der Waals surface area contributed by atoms with E-state index in [4.69, 9.17) is 16.9 Å². The van der Waals surface area contributed by atoms with Gasteiger partial charge in [-0.05, 0) is 71.6 Å². The molecule has 6 amide bonds. The van der Waals surface area contributed by atoms with E-state index >= 15 is 0 Å². The van der Waals surface area contributed by atoms with Crippen LogP contribution in [0.1, 0.15) is 69.1 Å². The summed E-state index contributed by atoms with van der Waals surface area (Å²) in [6, 6.07) is 38.0. The molecule has 3 unspecified atom stereocenters. The number of hydrogen-bond donors (Lipinski definition) is 0. The Hall–Kier alpha value is -7.42. The van der Waals surface area contributed by atoms with Crippen LogP contribution in [-0.2, 0) is 55.3 Å². The maximum absolute atomic E-state index is 12.6. The Balaban J connectivity index is 0.000000140. The lowest BCUT2D eigenvalue weighted by Crippen LogP contribution is -2.41. The van der Waals surface area contributed by atoms with Crippen LogP contribution in [0.3, 0.4) is 0 Å². The van der Waals surface area contributed by atoms with Crippen molar-refractivity contribution in [3.63, 3.8) is 0 Å². The second-order valence-electron chi connectivity index (χ2n) is 14.0. The average molecular weight is 1000 g/mol. The minimum atomic E-state index is -5.25. The maximum atomic E-state index is 12.6. The van der Waals surface area contributed by atoms with Crippen LogP contribution in [0.25, 0.3) is 32.3 Å². The number of hydroxylamine groups is 6. The fourth-order valence-corrected chi connectivity index (χ4v) is 8.68. The molecular formula is C45H28F3N3O15S3.